The Hall–Kier alpha value is -2.82. The average Bonchev–Trinajstić information content (AvgIpc) is 3.12. The SMILES string of the molecule is NC(CCc1ccc(-c2ccccc2)cc1)Oc1ccc(Cl)c2c1CC(=O)N2. The highest BCUT2D eigenvalue weighted by atomic mass is 35.5. The van der Waals surface area contributed by atoms with Crippen LogP contribution >= 0.6 is 11.6 Å². The van der Waals surface area contributed by atoms with Gasteiger partial charge < -0.3 is 10.1 Å². The van der Waals surface area contributed by atoms with Crippen molar-refractivity contribution >= 4 is 23.2 Å². The van der Waals surface area contributed by atoms with Crippen LogP contribution in [0.1, 0.15) is 17.5 Å². The Balaban J connectivity index is 1.37. The molecule has 0 aliphatic carbocycles. The van der Waals surface area contributed by atoms with E-state index in [0.717, 1.165) is 12.0 Å². The number of carbonyl (C=O) groups is 1. The molecule has 5 heteroatoms. The molecule has 0 aromatic heterocycles. The maximum Gasteiger partial charge on any atom is 0.229 e. The summed E-state index contributed by atoms with van der Waals surface area (Å²) in [5, 5.41) is 3.28. The molecule has 1 aliphatic heterocycles. The monoisotopic (exact) mass is 392 g/mol. The number of hydrogen-bond donors (Lipinski definition) is 2. The van der Waals surface area contributed by atoms with Crippen LogP contribution in [0.15, 0.2) is 66.7 Å². The molecule has 3 aromatic rings. The number of amides is 1. The van der Waals surface area contributed by atoms with Gasteiger partial charge in [-0.25, -0.2) is 0 Å². The molecule has 3 N–H and O–H groups in total. The number of halogens is 1. The first-order valence-corrected chi connectivity index (χ1v) is 9.66. The Morgan fingerprint density at radius 3 is 2.46 bits per heavy atom. The molecule has 142 valence electrons. The molecule has 4 nitrogen and oxygen atoms in total. The van der Waals surface area contributed by atoms with Crippen molar-refractivity contribution in [2.75, 3.05) is 5.32 Å². The number of fused-ring (bicyclic) bond motifs is 1. The van der Waals surface area contributed by atoms with Gasteiger partial charge in [0.25, 0.3) is 0 Å². The summed E-state index contributed by atoms with van der Waals surface area (Å²) in [4.78, 5) is 11.7. The number of rotatable bonds is 6. The number of anilines is 1. The van der Waals surface area contributed by atoms with Gasteiger partial charge in [0.05, 0.1) is 17.1 Å². The van der Waals surface area contributed by atoms with E-state index >= 15 is 0 Å². The van der Waals surface area contributed by atoms with E-state index in [2.05, 4.69) is 41.7 Å². The Bertz CT molecular complexity index is 987. The fraction of sp³-hybridized carbons (Fsp3) is 0.174. The van der Waals surface area contributed by atoms with Gasteiger partial charge in [0, 0.05) is 12.0 Å². The fourth-order valence-electron chi connectivity index (χ4n) is 3.39. The van der Waals surface area contributed by atoms with E-state index in [1.807, 2.05) is 18.2 Å². The first kappa shape index (κ1) is 18.5. The molecular formula is C23H21ClN2O2. The Morgan fingerprint density at radius 2 is 1.71 bits per heavy atom. The third kappa shape index (κ3) is 4.03. The van der Waals surface area contributed by atoms with Crippen LogP contribution in [-0.4, -0.2) is 12.1 Å². The predicted molar refractivity (Wildman–Crippen MR) is 113 cm³/mol. The number of nitrogens with one attached hydrogen (secondary N) is 1. The number of nitrogens with two attached hydrogens (primary N) is 1. The van der Waals surface area contributed by atoms with Crippen LogP contribution < -0.4 is 15.8 Å². The number of aryl methyl sites for hydroxylation is 1. The molecule has 0 bridgehead atoms. The molecule has 0 spiro atoms. The van der Waals surface area contributed by atoms with Crippen molar-refractivity contribution in [2.24, 2.45) is 5.73 Å². The second kappa shape index (κ2) is 8.05. The molecular weight excluding hydrogens is 372 g/mol. The third-order valence-corrected chi connectivity index (χ3v) is 5.19. The van der Waals surface area contributed by atoms with Gasteiger partial charge in [-0.05, 0) is 35.2 Å². The summed E-state index contributed by atoms with van der Waals surface area (Å²) in [5.41, 5.74) is 11.2. The average molecular weight is 393 g/mol. The molecule has 0 radical (unpaired) electrons. The van der Waals surface area contributed by atoms with Crippen molar-refractivity contribution in [3.63, 3.8) is 0 Å². The van der Waals surface area contributed by atoms with Crippen molar-refractivity contribution in [1.82, 2.24) is 0 Å². The maximum absolute atomic E-state index is 11.7. The van der Waals surface area contributed by atoms with E-state index in [1.54, 1.807) is 12.1 Å². The van der Waals surface area contributed by atoms with Crippen molar-refractivity contribution in [3.8, 4) is 16.9 Å². The molecule has 1 atom stereocenters. The minimum Gasteiger partial charge on any atom is -0.475 e. The molecule has 0 fully saturated rings. The normalized spacial score (nSPS) is 13.7. The van der Waals surface area contributed by atoms with Crippen LogP contribution in [-0.2, 0) is 17.6 Å². The van der Waals surface area contributed by atoms with Gasteiger partial charge >= 0.3 is 0 Å². The Morgan fingerprint density at radius 1 is 1.00 bits per heavy atom. The summed E-state index contributed by atoms with van der Waals surface area (Å²) in [6.07, 6.45) is 1.28. The van der Waals surface area contributed by atoms with Crippen molar-refractivity contribution < 1.29 is 9.53 Å². The van der Waals surface area contributed by atoms with E-state index in [4.69, 9.17) is 22.1 Å². The predicted octanol–water partition coefficient (Wildman–Crippen LogP) is 4.80. The zero-order valence-corrected chi connectivity index (χ0v) is 16.1. The lowest BCUT2D eigenvalue weighted by Crippen LogP contribution is -2.28. The van der Waals surface area contributed by atoms with Gasteiger partial charge in [-0.3, -0.25) is 10.5 Å². The van der Waals surface area contributed by atoms with Crippen LogP contribution in [0.2, 0.25) is 5.02 Å². The largest absolute Gasteiger partial charge is 0.475 e. The third-order valence-electron chi connectivity index (χ3n) is 4.88. The summed E-state index contributed by atoms with van der Waals surface area (Å²) in [5.74, 6) is 0.532. The topological polar surface area (TPSA) is 64.3 Å². The van der Waals surface area contributed by atoms with Gasteiger partial charge in [-0.1, -0.05) is 66.2 Å². The lowest BCUT2D eigenvalue weighted by Gasteiger charge is -2.17. The summed E-state index contributed by atoms with van der Waals surface area (Å²) >= 11 is 6.14. The van der Waals surface area contributed by atoms with Crippen LogP contribution in [0.4, 0.5) is 5.69 Å². The van der Waals surface area contributed by atoms with Gasteiger partial charge in [0.1, 0.15) is 12.0 Å². The molecule has 3 aromatic carbocycles. The fourth-order valence-corrected chi connectivity index (χ4v) is 3.62. The second-order valence-electron chi connectivity index (χ2n) is 6.88. The van der Waals surface area contributed by atoms with Crippen LogP contribution in [0.3, 0.4) is 0 Å². The van der Waals surface area contributed by atoms with Crippen LogP contribution in [0.25, 0.3) is 11.1 Å². The molecule has 28 heavy (non-hydrogen) atoms. The number of benzene rings is 3. The van der Waals surface area contributed by atoms with Crippen LogP contribution in [0, 0.1) is 0 Å². The molecule has 1 heterocycles. The molecule has 4 rings (SSSR count). The molecule has 1 unspecified atom stereocenters. The van der Waals surface area contributed by atoms with E-state index in [9.17, 15) is 4.79 Å². The summed E-state index contributed by atoms with van der Waals surface area (Å²) in [6.45, 7) is 0. The summed E-state index contributed by atoms with van der Waals surface area (Å²) in [7, 11) is 0. The molecule has 0 saturated heterocycles. The minimum atomic E-state index is -0.463. The molecule has 1 amide bonds. The zero-order chi connectivity index (χ0) is 19.5. The summed E-state index contributed by atoms with van der Waals surface area (Å²) in [6, 6.07) is 22.3. The van der Waals surface area contributed by atoms with Crippen LogP contribution in [0.5, 0.6) is 5.75 Å². The van der Waals surface area contributed by atoms with Gasteiger partial charge in [0.15, 0.2) is 0 Å². The molecule has 0 saturated carbocycles. The van der Waals surface area contributed by atoms with E-state index in [0.29, 0.717) is 22.9 Å². The smallest absolute Gasteiger partial charge is 0.229 e. The number of hydrogen-bond acceptors (Lipinski definition) is 3. The standard InChI is InChI=1S/C23H21ClN2O2/c24-19-11-12-20(18-14-22(27)26-23(18)19)28-21(25)13-8-15-6-9-17(10-7-15)16-4-2-1-3-5-16/h1-7,9-12,21H,8,13-14,25H2,(H,26,27). The highest BCUT2D eigenvalue weighted by Crippen LogP contribution is 2.37. The minimum absolute atomic E-state index is 0.0833. The first-order chi connectivity index (χ1) is 13.6. The highest BCUT2D eigenvalue weighted by molar-refractivity contribution is 6.34. The highest BCUT2D eigenvalue weighted by Gasteiger charge is 2.25. The maximum atomic E-state index is 11.7. The summed E-state index contributed by atoms with van der Waals surface area (Å²) < 4.78 is 5.90. The quantitative estimate of drug-likeness (QED) is 0.592. The lowest BCUT2D eigenvalue weighted by atomic mass is 10.0. The molecule has 1 aliphatic rings. The van der Waals surface area contributed by atoms with E-state index in [1.165, 1.54) is 16.7 Å². The van der Waals surface area contributed by atoms with E-state index < -0.39 is 6.23 Å². The lowest BCUT2D eigenvalue weighted by molar-refractivity contribution is -0.115. The number of carbonyl (C=O) groups excluding carboxylic acids is 1. The Kier molecular flexibility index (Phi) is 5.33. The zero-order valence-electron chi connectivity index (χ0n) is 15.3. The van der Waals surface area contributed by atoms with Crippen molar-refractivity contribution in [1.29, 1.82) is 0 Å². The Labute approximate surface area is 169 Å². The van der Waals surface area contributed by atoms with Gasteiger partial charge in [-0.15, -0.1) is 0 Å². The van der Waals surface area contributed by atoms with Crippen molar-refractivity contribution in [3.05, 3.63) is 82.9 Å². The van der Waals surface area contributed by atoms with Gasteiger partial charge in [0.2, 0.25) is 5.91 Å². The second-order valence-corrected chi connectivity index (χ2v) is 7.29. The van der Waals surface area contributed by atoms with Gasteiger partial charge in [-0.2, -0.15) is 0 Å². The number of ether oxygens (including phenoxy) is 1. The van der Waals surface area contributed by atoms with E-state index in [-0.39, 0.29) is 12.3 Å². The van der Waals surface area contributed by atoms with Crippen molar-refractivity contribution in [2.45, 2.75) is 25.5 Å². The first-order valence-electron chi connectivity index (χ1n) is 9.28.